The molecule has 0 radical (unpaired) electrons. The van der Waals surface area contributed by atoms with E-state index in [1.165, 1.54) is 12.1 Å². The Morgan fingerprint density at radius 2 is 1.84 bits per heavy atom. The summed E-state index contributed by atoms with van der Waals surface area (Å²) in [5, 5.41) is 0. The molecule has 0 aliphatic carbocycles. The average molecular weight is 324 g/mol. The van der Waals surface area contributed by atoms with Crippen LogP contribution in [0.15, 0.2) is 28.9 Å². The highest BCUT2D eigenvalue weighted by Crippen LogP contribution is 2.28. The van der Waals surface area contributed by atoms with Crippen molar-refractivity contribution in [1.29, 1.82) is 0 Å². The number of H-pyrrole nitrogens is 1. The summed E-state index contributed by atoms with van der Waals surface area (Å²) in [5.74, 6) is -1.22. The molecule has 1 N–H and O–H groups in total. The lowest BCUT2D eigenvalue weighted by molar-refractivity contribution is 0.586. The monoisotopic (exact) mass is 323 g/mol. The van der Waals surface area contributed by atoms with Gasteiger partial charge in [0.25, 0.3) is 0 Å². The van der Waals surface area contributed by atoms with Gasteiger partial charge < -0.3 is 4.98 Å². The average Bonchev–Trinajstić information content (AvgIpc) is 2.69. The highest BCUT2D eigenvalue weighted by molar-refractivity contribution is 9.10. The van der Waals surface area contributed by atoms with E-state index < -0.39 is 11.6 Å². The van der Waals surface area contributed by atoms with Gasteiger partial charge in [0.15, 0.2) is 5.65 Å². The molecule has 0 atom stereocenters. The molecule has 3 aromatic rings. The maximum atomic E-state index is 13.9. The number of hydrogen-bond acceptors (Lipinski definition) is 2. The van der Waals surface area contributed by atoms with Crippen molar-refractivity contribution in [2.24, 2.45) is 0 Å². The van der Waals surface area contributed by atoms with Gasteiger partial charge in [-0.2, -0.15) is 0 Å². The van der Waals surface area contributed by atoms with Crippen LogP contribution in [-0.2, 0) is 0 Å². The number of aryl methyl sites for hydroxylation is 1. The van der Waals surface area contributed by atoms with Crippen LogP contribution in [0.4, 0.5) is 8.78 Å². The minimum Gasteiger partial charge on any atom is -0.336 e. The molecule has 0 saturated heterocycles. The Kier molecular flexibility index (Phi) is 2.82. The summed E-state index contributed by atoms with van der Waals surface area (Å²) < 4.78 is 28.1. The third-order valence-electron chi connectivity index (χ3n) is 2.72. The summed E-state index contributed by atoms with van der Waals surface area (Å²) in [5.41, 5.74) is 1.84. The first-order valence-electron chi connectivity index (χ1n) is 5.52. The highest BCUT2D eigenvalue weighted by Gasteiger charge is 2.16. The maximum absolute atomic E-state index is 13.9. The normalized spacial score (nSPS) is 11.2. The Labute approximate surface area is 115 Å². The van der Waals surface area contributed by atoms with E-state index >= 15 is 0 Å². The number of rotatable bonds is 1. The van der Waals surface area contributed by atoms with Crippen LogP contribution in [0, 0.1) is 18.6 Å². The summed E-state index contributed by atoms with van der Waals surface area (Å²) in [4.78, 5) is 11.1. The second kappa shape index (κ2) is 4.38. The first-order valence-corrected chi connectivity index (χ1v) is 6.31. The Hall–Kier alpha value is -1.82. The quantitative estimate of drug-likeness (QED) is 0.736. The van der Waals surface area contributed by atoms with Crippen LogP contribution < -0.4 is 0 Å². The molecule has 2 heterocycles. The van der Waals surface area contributed by atoms with E-state index in [1.54, 1.807) is 6.20 Å². The number of imidazole rings is 1. The van der Waals surface area contributed by atoms with Gasteiger partial charge in [0.05, 0.1) is 11.1 Å². The molecular formula is C13H8BrF2N3. The number of aromatic amines is 1. The van der Waals surface area contributed by atoms with Crippen molar-refractivity contribution in [2.45, 2.75) is 6.92 Å². The molecule has 3 rings (SSSR count). The van der Waals surface area contributed by atoms with E-state index in [0.717, 1.165) is 5.56 Å². The van der Waals surface area contributed by atoms with Gasteiger partial charge in [-0.3, -0.25) is 0 Å². The Morgan fingerprint density at radius 3 is 2.53 bits per heavy atom. The zero-order valence-electron chi connectivity index (χ0n) is 9.84. The maximum Gasteiger partial charge on any atom is 0.178 e. The second-order valence-electron chi connectivity index (χ2n) is 4.21. The van der Waals surface area contributed by atoms with Gasteiger partial charge in [-0.05, 0) is 30.7 Å². The molecule has 0 amide bonds. The molecule has 19 heavy (non-hydrogen) atoms. The lowest BCUT2D eigenvalue weighted by Crippen LogP contribution is -1.92. The first-order chi connectivity index (χ1) is 9.04. The van der Waals surface area contributed by atoms with Crippen LogP contribution in [0.1, 0.15) is 5.56 Å². The molecule has 0 saturated carbocycles. The van der Waals surface area contributed by atoms with Crippen molar-refractivity contribution in [3.8, 4) is 11.4 Å². The molecule has 96 valence electrons. The Bertz CT molecular complexity index is 760. The Morgan fingerprint density at radius 1 is 1.16 bits per heavy atom. The number of hydrogen-bond donors (Lipinski definition) is 1. The SMILES string of the molecule is Cc1cnc2nc(-c3c(F)cc(Br)cc3F)[nH]c2c1. The van der Waals surface area contributed by atoms with E-state index in [1.807, 2.05) is 13.0 Å². The van der Waals surface area contributed by atoms with Crippen LogP contribution in [0.5, 0.6) is 0 Å². The Balaban J connectivity index is 2.24. The number of pyridine rings is 1. The number of benzene rings is 1. The van der Waals surface area contributed by atoms with Crippen LogP contribution in [0.2, 0.25) is 0 Å². The molecule has 2 aromatic heterocycles. The lowest BCUT2D eigenvalue weighted by Gasteiger charge is -2.02. The second-order valence-corrected chi connectivity index (χ2v) is 5.13. The fourth-order valence-corrected chi connectivity index (χ4v) is 2.29. The minimum atomic E-state index is -0.678. The van der Waals surface area contributed by atoms with Crippen molar-refractivity contribution < 1.29 is 8.78 Å². The minimum absolute atomic E-state index is 0.135. The van der Waals surface area contributed by atoms with Gasteiger partial charge in [-0.15, -0.1) is 0 Å². The van der Waals surface area contributed by atoms with Crippen LogP contribution in [0.25, 0.3) is 22.6 Å². The number of nitrogens with one attached hydrogen (secondary N) is 1. The summed E-state index contributed by atoms with van der Waals surface area (Å²) in [6, 6.07) is 4.22. The third kappa shape index (κ3) is 2.12. The van der Waals surface area contributed by atoms with Crippen molar-refractivity contribution in [2.75, 3.05) is 0 Å². The fourth-order valence-electron chi connectivity index (χ4n) is 1.89. The zero-order chi connectivity index (χ0) is 13.6. The van der Waals surface area contributed by atoms with Crippen LogP contribution >= 0.6 is 15.9 Å². The third-order valence-corrected chi connectivity index (χ3v) is 3.18. The molecule has 3 nitrogen and oxygen atoms in total. The molecule has 0 aliphatic rings. The molecular weight excluding hydrogens is 316 g/mol. The van der Waals surface area contributed by atoms with Gasteiger partial charge in [0.2, 0.25) is 0 Å². The summed E-state index contributed by atoms with van der Waals surface area (Å²) >= 11 is 3.04. The molecule has 0 bridgehead atoms. The standard InChI is InChI=1S/C13H8BrF2N3/c1-6-2-10-12(17-5-6)19-13(18-10)11-8(15)3-7(14)4-9(11)16/h2-5H,1H3,(H,17,18,19). The number of fused-ring (bicyclic) bond motifs is 1. The highest BCUT2D eigenvalue weighted by atomic mass is 79.9. The van der Waals surface area contributed by atoms with Gasteiger partial charge in [-0.1, -0.05) is 15.9 Å². The van der Waals surface area contributed by atoms with E-state index in [4.69, 9.17) is 0 Å². The van der Waals surface area contributed by atoms with Crippen molar-refractivity contribution in [3.63, 3.8) is 0 Å². The van der Waals surface area contributed by atoms with E-state index in [2.05, 4.69) is 30.9 Å². The van der Waals surface area contributed by atoms with Crippen molar-refractivity contribution in [1.82, 2.24) is 15.0 Å². The van der Waals surface area contributed by atoms with Gasteiger partial charge in [0.1, 0.15) is 17.5 Å². The number of aromatic nitrogens is 3. The topological polar surface area (TPSA) is 41.6 Å². The predicted molar refractivity (Wildman–Crippen MR) is 71.7 cm³/mol. The molecule has 0 aliphatic heterocycles. The number of nitrogens with zero attached hydrogens (tertiary/aromatic N) is 2. The summed E-state index contributed by atoms with van der Waals surface area (Å²) in [6.07, 6.45) is 1.65. The molecule has 0 unspecified atom stereocenters. The molecule has 1 aromatic carbocycles. The molecule has 0 spiro atoms. The van der Waals surface area contributed by atoms with Crippen LogP contribution in [0.3, 0.4) is 0 Å². The molecule has 0 fully saturated rings. The van der Waals surface area contributed by atoms with Crippen molar-refractivity contribution in [3.05, 3.63) is 46.1 Å². The van der Waals surface area contributed by atoms with E-state index in [9.17, 15) is 8.78 Å². The zero-order valence-corrected chi connectivity index (χ0v) is 11.4. The summed E-state index contributed by atoms with van der Waals surface area (Å²) in [7, 11) is 0. The molecule has 6 heteroatoms. The summed E-state index contributed by atoms with van der Waals surface area (Å²) in [6.45, 7) is 1.88. The van der Waals surface area contributed by atoms with Gasteiger partial charge in [0, 0.05) is 10.7 Å². The largest absolute Gasteiger partial charge is 0.336 e. The smallest absolute Gasteiger partial charge is 0.178 e. The van der Waals surface area contributed by atoms with Gasteiger partial charge >= 0.3 is 0 Å². The van der Waals surface area contributed by atoms with Crippen LogP contribution in [-0.4, -0.2) is 15.0 Å². The first kappa shape index (κ1) is 12.2. The predicted octanol–water partition coefficient (Wildman–Crippen LogP) is 3.97. The number of halogens is 3. The van der Waals surface area contributed by atoms with E-state index in [-0.39, 0.29) is 11.4 Å². The fraction of sp³-hybridized carbons (Fsp3) is 0.0769. The van der Waals surface area contributed by atoms with E-state index in [0.29, 0.717) is 15.6 Å². The van der Waals surface area contributed by atoms with Gasteiger partial charge in [-0.25, -0.2) is 18.7 Å². The van der Waals surface area contributed by atoms with Crippen molar-refractivity contribution >= 4 is 27.1 Å². The lowest BCUT2D eigenvalue weighted by atomic mass is 10.2.